The van der Waals surface area contributed by atoms with Gasteiger partial charge >= 0.3 is 5.97 Å². The lowest BCUT2D eigenvalue weighted by Gasteiger charge is -2.14. The molecule has 5 nitrogen and oxygen atoms in total. The lowest BCUT2D eigenvalue weighted by atomic mass is 10.2. The summed E-state index contributed by atoms with van der Waals surface area (Å²) in [7, 11) is 0. The average Bonchev–Trinajstić information content (AvgIpc) is 3.11. The summed E-state index contributed by atoms with van der Waals surface area (Å²) in [5.74, 6) is 0.146. The summed E-state index contributed by atoms with van der Waals surface area (Å²) < 4.78 is 2.31. The van der Waals surface area contributed by atoms with Gasteiger partial charge in [0.05, 0.1) is 11.3 Å². The molecule has 2 aromatic heterocycles. The zero-order chi connectivity index (χ0) is 14.8. The minimum absolute atomic E-state index is 0.0459. The first-order chi connectivity index (χ1) is 10.1. The third-order valence-corrected chi connectivity index (χ3v) is 6.50. The molecule has 3 rings (SSSR count). The molecule has 0 saturated carbocycles. The maximum absolute atomic E-state index is 12.6. The van der Waals surface area contributed by atoms with E-state index in [9.17, 15) is 9.59 Å². The summed E-state index contributed by atoms with van der Waals surface area (Å²) in [5, 5.41) is 11.6. The van der Waals surface area contributed by atoms with Crippen LogP contribution in [0.5, 0.6) is 0 Å². The number of rotatable bonds is 5. The number of carbonyl (C=O) groups is 1. The summed E-state index contributed by atoms with van der Waals surface area (Å²) in [6.07, 6.45) is 2.28. The van der Waals surface area contributed by atoms with Crippen LogP contribution in [0.3, 0.4) is 0 Å². The number of thioether (sulfide) groups is 2. The lowest BCUT2D eigenvalue weighted by Crippen LogP contribution is -2.26. The van der Waals surface area contributed by atoms with Crippen molar-refractivity contribution in [3.05, 3.63) is 21.8 Å². The van der Waals surface area contributed by atoms with Crippen molar-refractivity contribution in [1.82, 2.24) is 9.55 Å². The molecular formula is C13H14N2O3S3. The van der Waals surface area contributed by atoms with Crippen molar-refractivity contribution in [3.8, 4) is 0 Å². The number of nitrogens with zero attached hydrogens (tertiary/aromatic N) is 2. The topological polar surface area (TPSA) is 72.2 Å². The van der Waals surface area contributed by atoms with Crippen LogP contribution in [0.25, 0.3) is 10.2 Å². The largest absolute Gasteiger partial charge is 0.481 e. The molecule has 8 heteroatoms. The number of aliphatic carboxylic acids is 1. The number of aromatic nitrogens is 2. The van der Waals surface area contributed by atoms with Crippen molar-refractivity contribution in [3.63, 3.8) is 0 Å². The quantitative estimate of drug-likeness (QED) is 0.665. The molecule has 0 aliphatic carbocycles. The third kappa shape index (κ3) is 3.27. The first kappa shape index (κ1) is 14.9. The van der Waals surface area contributed by atoms with Crippen molar-refractivity contribution >= 4 is 51.0 Å². The van der Waals surface area contributed by atoms with E-state index in [1.54, 1.807) is 10.6 Å². The maximum atomic E-state index is 12.6. The second kappa shape index (κ2) is 6.41. The highest BCUT2D eigenvalue weighted by molar-refractivity contribution is 8.00. The second-order valence-corrected chi connectivity index (χ2v) is 8.03. The van der Waals surface area contributed by atoms with Crippen LogP contribution in [0.4, 0.5) is 0 Å². The summed E-state index contributed by atoms with van der Waals surface area (Å²) in [6.45, 7) is 0.617. The van der Waals surface area contributed by atoms with Gasteiger partial charge < -0.3 is 5.11 Å². The molecule has 1 fully saturated rings. The second-order valence-electron chi connectivity index (χ2n) is 4.76. The van der Waals surface area contributed by atoms with Crippen LogP contribution in [0.2, 0.25) is 0 Å². The van der Waals surface area contributed by atoms with Gasteiger partial charge in [-0.3, -0.25) is 14.2 Å². The molecule has 1 N–H and O–H groups in total. The van der Waals surface area contributed by atoms with Crippen LogP contribution in [0.15, 0.2) is 21.4 Å². The van der Waals surface area contributed by atoms with Gasteiger partial charge in [0.25, 0.3) is 5.56 Å². The van der Waals surface area contributed by atoms with Crippen LogP contribution >= 0.6 is 34.9 Å². The Hall–Kier alpha value is -0.990. The van der Waals surface area contributed by atoms with E-state index in [2.05, 4.69) is 4.98 Å². The summed E-state index contributed by atoms with van der Waals surface area (Å²) in [5.41, 5.74) is 0.614. The SMILES string of the molecule is O=C(O)CSc1nc2ccsc2c(=O)n1CC1CCCS1. The molecule has 112 valence electrons. The number of thiophene rings is 1. The number of hydrogen-bond donors (Lipinski definition) is 1. The molecule has 0 amide bonds. The molecular weight excluding hydrogens is 328 g/mol. The molecule has 0 bridgehead atoms. The first-order valence-corrected chi connectivity index (χ1v) is 9.51. The van der Waals surface area contributed by atoms with E-state index in [-0.39, 0.29) is 11.3 Å². The highest BCUT2D eigenvalue weighted by Gasteiger charge is 2.20. The fourth-order valence-electron chi connectivity index (χ4n) is 2.31. The number of fused-ring (bicyclic) bond motifs is 1. The molecule has 1 aliphatic heterocycles. The number of carboxylic acids is 1. The van der Waals surface area contributed by atoms with Crippen molar-refractivity contribution < 1.29 is 9.90 Å². The molecule has 1 unspecified atom stereocenters. The number of hydrogen-bond acceptors (Lipinski definition) is 6. The fraction of sp³-hybridized carbons (Fsp3) is 0.462. The molecule has 1 saturated heterocycles. The Morgan fingerprint density at radius 3 is 3.14 bits per heavy atom. The zero-order valence-electron chi connectivity index (χ0n) is 11.2. The average molecular weight is 342 g/mol. The predicted molar refractivity (Wildman–Crippen MR) is 87.7 cm³/mol. The summed E-state index contributed by atoms with van der Waals surface area (Å²) >= 11 is 4.39. The Kier molecular flexibility index (Phi) is 4.56. The molecule has 0 radical (unpaired) electrons. The Morgan fingerprint density at radius 2 is 2.43 bits per heavy atom. The molecule has 21 heavy (non-hydrogen) atoms. The van der Waals surface area contributed by atoms with E-state index in [0.717, 1.165) is 23.9 Å². The monoisotopic (exact) mass is 342 g/mol. The van der Waals surface area contributed by atoms with E-state index in [0.29, 0.717) is 27.2 Å². The molecule has 1 aliphatic rings. The Morgan fingerprint density at radius 1 is 1.57 bits per heavy atom. The van der Waals surface area contributed by atoms with Crippen molar-refractivity contribution in [2.45, 2.75) is 29.8 Å². The lowest BCUT2D eigenvalue weighted by molar-refractivity contribution is -0.133. The third-order valence-electron chi connectivity index (χ3n) is 3.27. The Balaban J connectivity index is 1.99. The van der Waals surface area contributed by atoms with E-state index in [4.69, 9.17) is 5.11 Å². The molecule has 0 spiro atoms. The molecule has 0 aromatic carbocycles. The normalized spacial score (nSPS) is 18.4. The molecule has 1 atom stereocenters. The van der Waals surface area contributed by atoms with Crippen LogP contribution in [-0.4, -0.2) is 37.4 Å². The van der Waals surface area contributed by atoms with Gasteiger partial charge in [-0.05, 0) is 30.0 Å². The van der Waals surface area contributed by atoms with Crippen LogP contribution in [0, 0.1) is 0 Å². The van der Waals surface area contributed by atoms with E-state index in [1.807, 2.05) is 17.1 Å². The minimum atomic E-state index is -0.901. The van der Waals surface area contributed by atoms with Gasteiger partial charge in [-0.2, -0.15) is 11.8 Å². The van der Waals surface area contributed by atoms with Crippen molar-refractivity contribution in [2.24, 2.45) is 0 Å². The highest BCUT2D eigenvalue weighted by Crippen LogP contribution is 2.29. The van der Waals surface area contributed by atoms with Gasteiger partial charge in [-0.15, -0.1) is 11.3 Å². The number of carboxylic acid groups (broad SMARTS) is 1. The van der Waals surface area contributed by atoms with Crippen molar-refractivity contribution in [2.75, 3.05) is 11.5 Å². The van der Waals surface area contributed by atoms with E-state index in [1.165, 1.54) is 17.8 Å². The Bertz CT molecular complexity index is 719. The van der Waals surface area contributed by atoms with Gasteiger partial charge in [0.1, 0.15) is 4.70 Å². The van der Waals surface area contributed by atoms with Gasteiger partial charge in [0, 0.05) is 11.8 Å². The summed E-state index contributed by atoms with van der Waals surface area (Å²) in [6, 6.07) is 1.81. The smallest absolute Gasteiger partial charge is 0.313 e. The van der Waals surface area contributed by atoms with Crippen molar-refractivity contribution in [1.29, 1.82) is 0 Å². The minimum Gasteiger partial charge on any atom is -0.481 e. The fourth-order valence-corrected chi connectivity index (χ4v) is 5.07. The van der Waals surface area contributed by atoms with E-state index < -0.39 is 5.97 Å². The molecule has 2 aromatic rings. The van der Waals surface area contributed by atoms with Gasteiger partial charge in [-0.1, -0.05) is 11.8 Å². The van der Waals surface area contributed by atoms with Gasteiger partial charge in [0.15, 0.2) is 5.16 Å². The standard InChI is InChI=1S/C13H14N2O3S3/c16-10(17)7-21-13-14-9-3-5-20-11(9)12(18)15(13)6-8-2-1-4-19-8/h3,5,8H,1-2,4,6-7H2,(H,16,17). The highest BCUT2D eigenvalue weighted by atomic mass is 32.2. The predicted octanol–water partition coefficient (Wildman–Crippen LogP) is 2.53. The van der Waals surface area contributed by atoms with Crippen LogP contribution in [-0.2, 0) is 11.3 Å². The molecule has 3 heterocycles. The summed E-state index contributed by atoms with van der Waals surface area (Å²) in [4.78, 5) is 27.9. The first-order valence-electron chi connectivity index (χ1n) is 6.59. The van der Waals surface area contributed by atoms with Gasteiger partial charge in [-0.25, -0.2) is 4.98 Å². The van der Waals surface area contributed by atoms with E-state index >= 15 is 0 Å². The van der Waals surface area contributed by atoms with Gasteiger partial charge in [0.2, 0.25) is 0 Å². The zero-order valence-corrected chi connectivity index (χ0v) is 13.6. The Labute approximate surface area is 133 Å². The van der Waals surface area contributed by atoms with Crippen LogP contribution in [0.1, 0.15) is 12.8 Å². The maximum Gasteiger partial charge on any atom is 0.313 e. The van der Waals surface area contributed by atoms with Crippen LogP contribution < -0.4 is 5.56 Å².